The smallest absolute Gasteiger partial charge is 0.191 e. The highest BCUT2D eigenvalue weighted by Gasteiger charge is 2.23. The molecule has 0 saturated heterocycles. The molecule has 0 spiro atoms. The van der Waals surface area contributed by atoms with E-state index < -0.39 is 0 Å². The second-order valence-electron chi connectivity index (χ2n) is 7.50. The number of rotatable bonds is 6. The fraction of sp³-hybridized carbons (Fsp3) is 0.789. The van der Waals surface area contributed by atoms with Gasteiger partial charge < -0.3 is 10.6 Å². The molecule has 0 aromatic carbocycles. The third-order valence-electron chi connectivity index (χ3n) is 5.22. The first-order valence-electron chi connectivity index (χ1n) is 9.47. The van der Waals surface area contributed by atoms with Gasteiger partial charge in [0.25, 0.3) is 0 Å². The average molecular weight is 334 g/mol. The summed E-state index contributed by atoms with van der Waals surface area (Å²) in [7, 11) is 1.86. The van der Waals surface area contributed by atoms with Crippen LogP contribution in [0.15, 0.2) is 11.1 Å². The Morgan fingerprint density at radius 1 is 1.29 bits per heavy atom. The molecule has 1 fully saturated rings. The van der Waals surface area contributed by atoms with Gasteiger partial charge >= 0.3 is 0 Å². The maximum atomic E-state index is 4.50. The van der Waals surface area contributed by atoms with E-state index in [0.29, 0.717) is 6.04 Å². The SMILES string of the molecule is CN=C(NCCCn1nc(C)cc1C)NC1CCC(C(C)C)CC1. The van der Waals surface area contributed by atoms with E-state index >= 15 is 0 Å². The van der Waals surface area contributed by atoms with Crippen molar-refractivity contribution in [1.82, 2.24) is 20.4 Å². The van der Waals surface area contributed by atoms with E-state index in [2.05, 4.69) is 52.2 Å². The lowest BCUT2D eigenvalue weighted by atomic mass is 9.80. The number of hydrogen-bond donors (Lipinski definition) is 2. The molecule has 136 valence electrons. The number of nitrogens with zero attached hydrogens (tertiary/aromatic N) is 3. The summed E-state index contributed by atoms with van der Waals surface area (Å²) in [5, 5.41) is 11.5. The molecule has 0 unspecified atom stereocenters. The van der Waals surface area contributed by atoms with Crippen LogP contribution in [0.4, 0.5) is 0 Å². The third kappa shape index (κ3) is 5.53. The lowest BCUT2D eigenvalue weighted by molar-refractivity contribution is 0.250. The number of aromatic nitrogens is 2. The molecule has 0 bridgehead atoms. The van der Waals surface area contributed by atoms with Crippen molar-refractivity contribution in [3.63, 3.8) is 0 Å². The van der Waals surface area contributed by atoms with Crippen molar-refractivity contribution in [2.45, 2.75) is 72.4 Å². The van der Waals surface area contributed by atoms with Crippen molar-refractivity contribution in [3.05, 3.63) is 17.5 Å². The van der Waals surface area contributed by atoms with E-state index in [0.717, 1.165) is 43.0 Å². The van der Waals surface area contributed by atoms with Gasteiger partial charge in [-0.15, -0.1) is 0 Å². The second kappa shape index (κ2) is 9.09. The highest BCUT2D eigenvalue weighted by atomic mass is 15.3. The van der Waals surface area contributed by atoms with Gasteiger partial charge in [0, 0.05) is 31.9 Å². The molecule has 1 saturated carbocycles. The Labute approximate surface area is 147 Å². The Morgan fingerprint density at radius 2 is 2.00 bits per heavy atom. The molecule has 0 amide bonds. The summed E-state index contributed by atoms with van der Waals surface area (Å²) in [5.41, 5.74) is 2.33. The Morgan fingerprint density at radius 3 is 2.54 bits per heavy atom. The first kappa shape index (κ1) is 18.8. The molecule has 5 heteroatoms. The Balaban J connectivity index is 1.67. The number of hydrogen-bond acceptors (Lipinski definition) is 2. The van der Waals surface area contributed by atoms with E-state index in [4.69, 9.17) is 0 Å². The van der Waals surface area contributed by atoms with E-state index in [9.17, 15) is 0 Å². The molecule has 2 rings (SSSR count). The van der Waals surface area contributed by atoms with Crippen LogP contribution in [0.25, 0.3) is 0 Å². The summed E-state index contributed by atoms with van der Waals surface area (Å²) in [4.78, 5) is 4.37. The lowest BCUT2D eigenvalue weighted by Crippen LogP contribution is -2.45. The van der Waals surface area contributed by atoms with Crippen LogP contribution in [0, 0.1) is 25.7 Å². The van der Waals surface area contributed by atoms with Crippen molar-refractivity contribution in [1.29, 1.82) is 0 Å². The quantitative estimate of drug-likeness (QED) is 0.477. The van der Waals surface area contributed by atoms with E-state index in [1.807, 2.05) is 14.0 Å². The maximum Gasteiger partial charge on any atom is 0.191 e. The van der Waals surface area contributed by atoms with Crippen molar-refractivity contribution in [3.8, 4) is 0 Å². The molecule has 1 aliphatic carbocycles. The number of aliphatic imine (C=N–C) groups is 1. The molecular weight excluding hydrogens is 298 g/mol. The summed E-state index contributed by atoms with van der Waals surface area (Å²) >= 11 is 0. The van der Waals surface area contributed by atoms with Crippen molar-refractivity contribution >= 4 is 5.96 Å². The van der Waals surface area contributed by atoms with Crippen LogP contribution in [0.2, 0.25) is 0 Å². The zero-order valence-corrected chi connectivity index (χ0v) is 16.1. The normalized spacial score (nSPS) is 22.0. The lowest BCUT2D eigenvalue weighted by Gasteiger charge is -2.32. The highest BCUT2D eigenvalue weighted by Crippen LogP contribution is 2.29. The molecule has 1 aromatic rings. The van der Waals surface area contributed by atoms with Crippen LogP contribution >= 0.6 is 0 Å². The van der Waals surface area contributed by atoms with Gasteiger partial charge in [0.1, 0.15) is 0 Å². The van der Waals surface area contributed by atoms with Crippen LogP contribution in [0.1, 0.15) is 57.3 Å². The summed E-state index contributed by atoms with van der Waals surface area (Å²) in [5.74, 6) is 2.66. The molecule has 5 nitrogen and oxygen atoms in total. The fourth-order valence-electron chi connectivity index (χ4n) is 3.66. The Hall–Kier alpha value is -1.52. The van der Waals surface area contributed by atoms with Crippen molar-refractivity contribution in [2.24, 2.45) is 16.8 Å². The minimum Gasteiger partial charge on any atom is -0.356 e. The van der Waals surface area contributed by atoms with Gasteiger partial charge in [0.15, 0.2) is 5.96 Å². The molecule has 1 aromatic heterocycles. The van der Waals surface area contributed by atoms with E-state index in [1.165, 1.54) is 31.4 Å². The predicted molar refractivity (Wildman–Crippen MR) is 101 cm³/mol. The number of aryl methyl sites for hydroxylation is 3. The van der Waals surface area contributed by atoms with Crippen LogP contribution in [-0.2, 0) is 6.54 Å². The number of guanidine groups is 1. The molecule has 0 aliphatic heterocycles. The van der Waals surface area contributed by atoms with Crippen LogP contribution in [-0.4, -0.2) is 35.4 Å². The van der Waals surface area contributed by atoms with Gasteiger partial charge in [-0.05, 0) is 63.9 Å². The zero-order chi connectivity index (χ0) is 17.5. The summed E-state index contributed by atoms with van der Waals surface area (Å²) in [6.45, 7) is 10.7. The van der Waals surface area contributed by atoms with Gasteiger partial charge in [-0.25, -0.2) is 0 Å². The molecule has 1 heterocycles. The number of nitrogens with one attached hydrogen (secondary N) is 2. The molecule has 2 N–H and O–H groups in total. The monoisotopic (exact) mass is 333 g/mol. The van der Waals surface area contributed by atoms with Crippen LogP contribution in [0.3, 0.4) is 0 Å². The molecule has 1 aliphatic rings. The molecule has 24 heavy (non-hydrogen) atoms. The van der Waals surface area contributed by atoms with Crippen LogP contribution < -0.4 is 10.6 Å². The van der Waals surface area contributed by atoms with Gasteiger partial charge in [0.05, 0.1) is 5.69 Å². The fourth-order valence-corrected chi connectivity index (χ4v) is 3.66. The maximum absolute atomic E-state index is 4.50. The van der Waals surface area contributed by atoms with Crippen molar-refractivity contribution < 1.29 is 0 Å². The topological polar surface area (TPSA) is 54.2 Å². The Kier molecular flexibility index (Phi) is 7.13. The Bertz CT molecular complexity index is 524. The van der Waals surface area contributed by atoms with Gasteiger partial charge in [0.2, 0.25) is 0 Å². The standard InChI is InChI=1S/C19H35N5/c1-14(2)17-7-9-18(10-8-17)22-19(20-5)21-11-6-12-24-16(4)13-15(3)23-24/h13-14,17-18H,6-12H2,1-5H3,(H2,20,21,22). The average Bonchev–Trinajstić information content (AvgIpc) is 2.88. The van der Waals surface area contributed by atoms with Gasteiger partial charge in [-0.2, -0.15) is 5.10 Å². The second-order valence-corrected chi connectivity index (χ2v) is 7.50. The van der Waals surface area contributed by atoms with E-state index in [-0.39, 0.29) is 0 Å². The minimum absolute atomic E-state index is 0.571. The summed E-state index contributed by atoms with van der Waals surface area (Å²) < 4.78 is 2.08. The largest absolute Gasteiger partial charge is 0.356 e. The minimum atomic E-state index is 0.571. The zero-order valence-electron chi connectivity index (χ0n) is 16.1. The first-order valence-corrected chi connectivity index (χ1v) is 9.47. The van der Waals surface area contributed by atoms with E-state index in [1.54, 1.807) is 0 Å². The van der Waals surface area contributed by atoms with Gasteiger partial charge in [-0.1, -0.05) is 13.8 Å². The van der Waals surface area contributed by atoms with Crippen LogP contribution in [0.5, 0.6) is 0 Å². The molecular formula is C19H35N5. The third-order valence-corrected chi connectivity index (χ3v) is 5.22. The molecule has 0 atom stereocenters. The summed E-state index contributed by atoms with van der Waals surface area (Å²) in [6.07, 6.45) is 6.24. The first-order chi connectivity index (χ1) is 11.5. The molecule has 0 radical (unpaired) electrons. The summed E-state index contributed by atoms with van der Waals surface area (Å²) in [6, 6.07) is 2.70. The highest BCUT2D eigenvalue weighted by molar-refractivity contribution is 5.79. The van der Waals surface area contributed by atoms with Crippen molar-refractivity contribution in [2.75, 3.05) is 13.6 Å². The van der Waals surface area contributed by atoms with Gasteiger partial charge in [-0.3, -0.25) is 9.67 Å². The predicted octanol–water partition coefficient (Wildman–Crippen LogP) is 3.27.